The number of hydrogen-bond donors (Lipinski definition) is 2. The Morgan fingerprint density at radius 1 is 1.44 bits per heavy atom. The van der Waals surface area contributed by atoms with Crippen molar-refractivity contribution < 1.29 is 0 Å². The molecule has 2 unspecified atom stereocenters. The van der Waals surface area contributed by atoms with Crippen LogP contribution in [0.4, 0.5) is 0 Å². The van der Waals surface area contributed by atoms with Crippen molar-refractivity contribution in [3.05, 3.63) is 22.4 Å². The van der Waals surface area contributed by atoms with E-state index in [1.807, 2.05) is 11.3 Å². The molecule has 0 radical (unpaired) electrons. The summed E-state index contributed by atoms with van der Waals surface area (Å²) in [5, 5.41) is 9.60. The first-order valence-electron chi connectivity index (χ1n) is 7.01. The number of hydrogen-bond acceptors (Lipinski definition) is 3. The molecule has 0 amide bonds. The number of rotatable bonds is 4. The van der Waals surface area contributed by atoms with Gasteiger partial charge in [-0.05, 0) is 35.7 Å². The predicted molar refractivity (Wildman–Crippen MR) is 80.1 cm³/mol. The number of thiophene rings is 1. The highest BCUT2D eigenvalue weighted by Crippen LogP contribution is 2.31. The summed E-state index contributed by atoms with van der Waals surface area (Å²) in [6, 6.07) is 5.52. The van der Waals surface area contributed by atoms with E-state index in [4.69, 9.17) is 0 Å². The van der Waals surface area contributed by atoms with Gasteiger partial charge < -0.3 is 10.6 Å². The number of nitrogens with one attached hydrogen (secondary N) is 2. The molecule has 0 aliphatic carbocycles. The van der Waals surface area contributed by atoms with E-state index in [1.165, 1.54) is 11.3 Å². The molecule has 2 N–H and O–H groups in total. The van der Waals surface area contributed by atoms with Crippen molar-refractivity contribution in [2.24, 2.45) is 11.3 Å². The Balaban J connectivity index is 2.09. The molecule has 2 nitrogen and oxygen atoms in total. The summed E-state index contributed by atoms with van der Waals surface area (Å²) in [5.41, 5.74) is 0.336. The second-order valence-electron chi connectivity index (χ2n) is 6.41. The van der Waals surface area contributed by atoms with Gasteiger partial charge in [0.2, 0.25) is 0 Å². The maximum atomic E-state index is 3.92. The van der Waals surface area contributed by atoms with E-state index in [0.29, 0.717) is 23.4 Å². The van der Waals surface area contributed by atoms with Crippen LogP contribution >= 0.6 is 11.3 Å². The molecule has 1 aromatic rings. The van der Waals surface area contributed by atoms with Crippen LogP contribution in [0.5, 0.6) is 0 Å². The van der Waals surface area contributed by atoms with Crippen LogP contribution in [0.15, 0.2) is 17.5 Å². The maximum absolute atomic E-state index is 3.92. The Bertz CT molecular complexity index is 357. The summed E-state index contributed by atoms with van der Waals surface area (Å²) in [6.45, 7) is 11.6. The van der Waals surface area contributed by atoms with E-state index < -0.39 is 0 Å². The third-order valence-electron chi connectivity index (χ3n) is 4.03. The fourth-order valence-electron chi connectivity index (χ4n) is 2.77. The molecule has 0 spiro atoms. The molecule has 1 fully saturated rings. The lowest BCUT2D eigenvalue weighted by atomic mass is 9.79. The van der Waals surface area contributed by atoms with Crippen molar-refractivity contribution in [2.45, 2.75) is 46.2 Å². The standard InChI is InChI=1S/C15H26N2S/c1-11(2)14(12-6-5-9-18-12)17-13-7-8-16-10-15(13,3)4/h5-6,9,11,13-14,16-17H,7-8,10H2,1-4H3. The zero-order chi connectivity index (χ0) is 13.2. The molecule has 3 heteroatoms. The second kappa shape index (κ2) is 5.72. The van der Waals surface area contributed by atoms with Crippen molar-refractivity contribution in [3.8, 4) is 0 Å². The Morgan fingerprint density at radius 3 is 2.78 bits per heavy atom. The van der Waals surface area contributed by atoms with Gasteiger partial charge >= 0.3 is 0 Å². The van der Waals surface area contributed by atoms with Gasteiger partial charge in [-0.3, -0.25) is 0 Å². The van der Waals surface area contributed by atoms with Crippen molar-refractivity contribution in [2.75, 3.05) is 13.1 Å². The van der Waals surface area contributed by atoms with Crippen LogP contribution in [0.25, 0.3) is 0 Å². The summed E-state index contributed by atoms with van der Waals surface area (Å²) < 4.78 is 0. The highest BCUT2D eigenvalue weighted by atomic mass is 32.1. The third-order valence-corrected chi connectivity index (χ3v) is 4.99. The SMILES string of the molecule is CC(C)C(NC1CCNCC1(C)C)c1cccs1. The topological polar surface area (TPSA) is 24.1 Å². The van der Waals surface area contributed by atoms with E-state index in [-0.39, 0.29) is 0 Å². The molecule has 1 saturated heterocycles. The molecule has 2 rings (SSSR count). The van der Waals surface area contributed by atoms with Gasteiger partial charge in [-0.25, -0.2) is 0 Å². The van der Waals surface area contributed by atoms with Gasteiger partial charge in [0, 0.05) is 23.5 Å². The zero-order valence-electron chi connectivity index (χ0n) is 12.0. The quantitative estimate of drug-likeness (QED) is 0.872. The maximum Gasteiger partial charge on any atom is 0.0440 e. The van der Waals surface area contributed by atoms with Gasteiger partial charge in [-0.15, -0.1) is 11.3 Å². The Labute approximate surface area is 115 Å². The van der Waals surface area contributed by atoms with Crippen LogP contribution in [0.2, 0.25) is 0 Å². The normalized spacial score (nSPS) is 25.3. The highest BCUT2D eigenvalue weighted by molar-refractivity contribution is 7.10. The first-order chi connectivity index (χ1) is 8.50. The molecule has 2 atom stereocenters. The van der Waals surface area contributed by atoms with Crippen molar-refractivity contribution in [3.63, 3.8) is 0 Å². The van der Waals surface area contributed by atoms with Crippen molar-refractivity contribution in [1.29, 1.82) is 0 Å². The fraction of sp³-hybridized carbons (Fsp3) is 0.733. The first-order valence-corrected chi connectivity index (χ1v) is 7.89. The minimum absolute atomic E-state index is 0.336. The monoisotopic (exact) mass is 266 g/mol. The molecule has 102 valence electrons. The van der Waals surface area contributed by atoms with Crippen LogP contribution in [0.1, 0.15) is 45.0 Å². The first kappa shape index (κ1) is 14.0. The highest BCUT2D eigenvalue weighted by Gasteiger charge is 2.34. The van der Waals surface area contributed by atoms with Gasteiger partial charge in [0.05, 0.1) is 0 Å². The minimum Gasteiger partial charge on any atom is -0.316 e. The molecule has 0 saturated carbocycles. The van der Waals surface area contributed by atoms with E-state index in [0.717, 1.165) is 13.1 Å². The van der Waals surface area contributed by atoms with Crippen molar-refractivity contribution >= 4 is 11.3 Å². The van der Waals surface area contributed by atoms with Crippen LogP contribution in [0, 0.1) is 11.3 Å². The molecule has 18 heavy (non-hydrogen) atoms. The van der Waals surface area contributed by atoms with Crippen molar-refractivity contribution in [1.82, 2.24) is 10.6 Å². The van der Waals surface area contributed by atoms with Gasteiger partial charge in [-0.1, -0.05) is 33.8 Å². The molecule has 1 aromatic heterocycles. The van der Waals surface area contributed by atoms with Crippen LogP contribution in [-0.2, 0) is 0 Å². The summed E-state index contributed by atoms with van der Waals surface area (Å²) in [6.07, 6.45) is 1.22. The lowest BCUT2D eigenvalue weighted by Crippen LogP contribution is -2.54. The van der Waals surface area contributed by atoms with E-state index in [9.17, 15) is 0 Å². The van der Waals surface area contributed by atoms with E-state index in [1.54, 1.807) is 0 Å². The summed E-state index contributed by atoms with van der Waals surface area (Å²) in [4.78, 5) is 1.47. The minimum atomic E-state index is 0.336. The average molecular weight is 266 g/mol. The summed E-state index contributed by atoms with van der Waals surface area (Å²) in [7, 11) is 0. The molecule has 1 aliphatic rings. The van der Waals surface area contributed by atoms with Gasteiger partial charge in [0.1, 0.15) is 0 Å². The molecular weight excluding hydrogens is 240 g/mol. The fourth-order valence-corrected chi connectivity index (χ4v) is 3.73. The van der Waals surface area contributed by atoms with E-state index >= 15 is 0 Å². The molecule has 2 heterocycles. The largest absolute Gasteiger partial charge is 0.316 e. The summed E-state index contributed by atoms with van der Waals surface area (Å²) >= 11 is 1.87. The predicted octanol–water partition coefficient (Wildman–Crippen LogP) is 3.42. The average Bonchev–Trinajstić information content (AvgIpc) is 2.80. The zero-order valence-corrected chi connectivity index (χ0v) is 12.8. The van der Waals surface area contributed by atoms with Gasteiger partial charge in [0.15, 0.2) is 0 Å². The van der Waals surface area contributed by atoms with Crippen LogP contribution < -0.4 is 10.6 Å². The lowest BCUT2D eigenvalue weighted by Gasteiger charge is -2.42. The Morgan fingerprint density at radius 2 is 2.22 bits per heavy atom. The third kappa shape index (κ3) is 3.14. The van der Waals surface area contributed by atoms with Crippen LogP contribution in [0.3, 0.4) is 0 Å². The van der Waals surface area contributed by atoms with Gasteiger partial charge in [0.25, 0.3) is 0 Å². The molecular formula is C15H26N2S. The Hall–Kier alpha value is -0.380. The van der Waals surface area contributed by atoms with Crippen LogP contribution in [-0.4, -0.2) is 19.1 Å². The smallest absolute Gasteiger partial charge is 0.0440 e. The summed E-state index contributed by atoms with van der Waals surface area (Å²) in [5.74, 6) is 0.634. The Kier molecular flexibility index (Phi) is 4.46. The lowest BCUT2D eigenvalue weighted by molar-refractivity contribution is 0.161. The number of piperidine rings is 1. The second-order valence-corrected chi connectivity index (χ2v) is 7.39. The molecule has 0 bridgehead atoms. The van der Waals surface area contributed by atoms with Gasteiger partial charge in [-0.2, -0.15) is 0 Å². The molecule has 0 aromatic carbocycles. The van der Waals surface area contributed by atoms with E-state index in [2.05, 4.69) is 55.8 Å². The molecule has 1 aliphatic heterocycles.